The highest BCUT2D eigenvalue weighted by Crippen LogP contribution is 2.23. The Balaban J connectivity index is 2.24. The van der Waals surface area contributed by atoms with Gasteiger partial charge in [-0.05, 0) is 12.1 Å². The van der Waals surface area contributed by atoms with Gasteiger partial charge in [-0.2, -0.15) is 0 Å². The molecule has 0 radical (unpaired) electrons. The highest BCUT2D eigenvalue weighted by atomic mass is 35.5. The number of aromatic nitrogens is 3. The van der Waals surface area contributed by atoms with Crippen molar-refractivity contribution in [2.45, 2.75) is 0 Å². The quantitative estimate of drug-likeness (QED) is 0.758. The Hall–Kier alpha value is -1.68. The molecule has 5 heteroatoms. The van der Waals surface area contributed by atoms with Crippen LogP contribution >= 0.6 is 11.6 Å². The predicted molar refractivity (Wildman–Crippen MR) is 51.4 cm³/mol. The smallest absolute Gasteiger partial charge is 0.257 e. The maximum Gasteiger partial charge on any atom is 0.257 e. The molecule has 2 aromatic heterocycles. The lowest BCUT2D eigenvalue weighted by Crippen LogP contribution is -1.90. The third-order valence-corrected chi connectivity index (χ3v) is 1.75. The summed E-state index contributed by atoms with van der Waals surface area (Å²) < 4.78 is 5.36. The lowest BCUT2D eigenvalue weighted by molar-refractivity contribution is 0.460. The van der Waals surface area contributed by atoms with Crippen molar-refractivity contribution in [2.75, 3.05) is 0 Å². The summed E-state index contributed by atoms with van der Waals surface area (Å²) in [7, 11) is 0. The molecule has 0 aromatic carbocycles. The van der Waals surface area contributed by atoms with Crippen LogP contribution in [0, 0.1) is 0 Å². The molecule has 2 aromatic rings. The van der Waals surface area contributed by atoms with E-state index in [1.54, 1.807) is 24.5 Å². The SMILES string of the molecule is Clc1nccnc1Oc1ccncc1. The lowest BCUT2D eigenvalue weighted by atomic mass is 10.4. The van der Waals surface area contributed by atoms with Gasteiger partial charge in [0.25, 0.3) is 5.88 Å². The number of halogens is 1. The van der Waals surface area contributed by atoms with Gasteiger partial charge in [-0.25, -0.2) is 9.97 Å². The van der Waals surface area contributed by atoms with Gasteiger partial charge < -0.3 is 4.74 Å². The fourth-order valence-electron chi connectivity index (χ4n) is 0.895. The summed E-state index contributed by atoms with van der Waals surface area (Å²) in [6.45, 7) is 0. The minimum Gasteiger partial charge on any atom is -0.436 e. The van der Waals surface area contributed by atoms with Crippen molar-refractivity contribution in [3.05, 3.63) is 42.1 Å². The average Bonchev–Trinajstić information content (AvgIpc) is 2.23. The maximum atomic E-state index is 5.76. The second-order valence-corrected chi connectivity index (χ2v) is 2.80. The first kappa shape index (κ1) is 8.90. The van der Waals surface area contributed by atoms with Gasteiger partial charge in [0.2, 0.25) is 0 Å². The molecule has 0 atom stereocenters. The first-order chi connectivity index (χ1) is 6.86. The molecular formula is C9H6ClN3O. The number of ether oxygens (including phenoxy) is 1. The van der Waals surface area contributed by atoms with E-state index in [2.05, 4.69) is 15.0 Å². The van der Waals surface area contributed by atoms with Crippen molar-refractivity contribution < 1.29 is 4.74 Å². The molecule has 0 spiro atoms. The van der Waals surface area contributed by atoms with E-state index in [1.165, 1.54) is 12.4 Å². The van der Waals surface area contributed by atoms with Gasteiger partial charge in [-0.3, -0.25) is 4.98 Å². The number of rotatable bonds is 2. The van der Waals surface area contributed by atoms with Crippen molar-refractivity contribution >= 4 is 11.6 Å². The number of hydrogen-bond donors (Lipinski definition) is 0. The monoisotopic (exact) mass is 207 g/mol. The average molecular weight is 208 g/mol. The molecule has 0 bridgehead atoms. The second-order valence-electron chi connectivity index (χ2n) is 2.44. The summed E-state index contributed by atoms with van der Waals surface area (Å²) in [5.74, 6) is 0.919. The predicted octanol–water partition coefficient (Wildman–Crippen LogP) is 2.32. The molecule has 0 amide bonds. The Morgan fingerprint density at radius 1 is 1.00 bits per heavy atom. The topological polar surface area (TPSA) is 47.9 Å². The minimum absolute atomic E-state index is 0.240. The molecule has 0 N–H and O–H groups in total. The van der Waals surface area contributed by atoms with Gasteiger partial charge in [-0.15, -0.1) is 0 Å². The fraction of sp³-hybridized carbons (Fsp3) is 0. The molecule has 70 valence electrons. The summed E-state index contributed by atoms with van der Waals surface area (Å²) in [5, 5.41) is 0.240. The van der Waals surface area contributed by atoms with E-state index in [4.69, 9.17) is 16.3 Å². The van der Waals surface area contributed by atoms with Crippen molar-refractivity contribution in [2.24, 2.45) is 0 Å². The summed E-state index contributed by atoms with van der Waals surface area (Å²) in [6.07, 6.45) is 6.27. The van der Waals surface area contributed by atoms with Gasteiger partial charge in [0.15, 0.2) is 5.15 Å². The van der Waals surface area contributed by atoms with E-state index in [-0.39, 0.29) is 5.15 Å². The van der Waals surface area contributed by atoms with Crippen molar-refractivity contribution in [1.82, 2.24) is 15.0 Å². The van der Waals surface area contributed by atoms with Crippen LogP contribution in [0.1, 0.15) is 0 Å². The van der Waals surface area contributed by atoms with Gasteiger partial charge in [0, 0.05) is 24.8 Å². The van der Waals surface area contributed by atoms with Crippen LogP contribution in [0.5, 0.6) is 11.6 Å². The first-order valence-electron chi connectivity index (χ1n) is 3.90. The zero-order chi connectivity index (χ0) is 9.80. The van der Waals surface area contributed by atoms with E-state index in [0.29, 0.717) is 11.6 Å². The van der Waals surface area contributed by atoms with Crippen LogP contribution in [0.25, 0.3) is 0 Å². The maximum absolute atomic E-state index is 5.76. The molecule has 0 aliphatic carbocycles. The molecule has 0 unspecified atom stereocenters. The summed E-state index contributed by atoms with van der Waals surface area (Å²) in [5.41, 5.74) is 0. The third kappa shape index (κ3) is 1.97. The van der Waals surface area contributed by atoms with Crippen LogP contribution in [0.15, 0.2) is 36.9 Å². The van der Waals surface area contributed by atoms with E-state index in [0.717, 1.165) is 0 Å². The first-order valence-corrected chi connectivity index (χ1v) is 4.28. The third-order valence-electron chi connectivity index (χ3n) is 1.49. The Kier molecular flexibility index (Phi) is 2.55. The molecule has 4 nitrogen and oxygen atoms in total. The zero-order valence-corrected chi connectivity index (χ0v) is 7.85. The van der Waals surface area contributed by atoms with Crippen LogP contribution < -0.4 is 4.74 Å². The summed E-state index contributed by atoms with van der Waals surface area (Å²) in [4.78, 5) is 11.6. The van der Waals surface area contributed by atoms with Crippen molar-refractivity contribution in [1.29, 1.82) is 0 Å². The van der Waals surface area contributed by atoms with Gasteiger partial charge in [0.1, 0.15) is 5.75 Å². The zero-order valence-electron chi connectivity index (χ0n) is 7.09. The summed E-state index contributed by atoms with van der Waals surface area (Å²) in [6, 6.07) is 3.43. The molecule has 14 heavy (non-hydrogen) atoms. The van der Waals surface area contributed by atoms with Crippen LogP contribution in [0.4, 0.5) is 0 Å². The van der Waals surface area contributed by atoms with Gasteiger partial charge in [-0.1, -0.05) is 11.6 Å². The van der Waals surface area contributed by atoms with Crippen LogP contribution in [0.3, 0.4) is 0 Å². The molecule has 0 aliphatic rings. The van der Waals surface area contributed by atoms with Crippen molar-refractivity contribution in [3.8, 4) is 11.6 Å². The standard InChI is InChI=1S/C9H6ClN3O/c10-8-9(13-6-5-12-8)14-7-1-3-11-4-2-7/h1-6H. The highest BCUT2D eigenvalue weighted by molar-refractivity contribution is 6.30. The summed E-state index contributed by atoms with van der Waals surface area (Å²) >= 11 is 5.76. The molecule has 0 fully saturated rings. The number of hydrogen-bond acceptors (Lipinski definition) is 4. The minimum atomic E-state index is 0.240. The molecular weight excluding hydrogens is 202 g/mol. The molecule has 2 heterocycles. The van der Waals surface area contributed by atoms with E-state index < -0.39 is 0 Å². The second kappa shape index (κ2) is 4.02. The Labute approximate surface area is 85.6 Å². The van der Waals surface area contributed by atoms with Crippen LogP contribution in [-0.2, 0) is 0 Å². The Bertz CT molecular complexity index is 421. The highest BCUT2D eigenvalue weighted by Gasteiger charge is 2.03. The van der Waals surface area contributed by atoms with E-state index in [1.807, 2.05) is 0 Å². The normalized spacial score (nSPS) is 9.79. The fourth-order valence-corrected chi connectivity index (χ4v) is 1.04. The van der Waals surface area contributed by atoms with E-state index in [9.17, 15) is 0 Å². The van der Waals surface area contributed by atoms with Gasteiger partial charge in [0.05, 0.1) is 0 Å². The Morgan fingerprint density at radius 2 is 1.71 bits per heavy atom. The molecule has 0 saturated carbocycles. The number of pyridine rings is 1. The lowest BCUT2D eigenvalue weighted by Gasteiger charge is -2.03. The molecule has 2 rings (SSSR count). The number of nitrogens with zero attached hydrogens (tertiary/aromatic N) is 3. The molecule has 0 saturated heterocycles. The van der Waals surface area contributed by atoms with Crippen molar-refractivity contribution in [3.63, 3.8) is 0 Å². The molecule has 0 aliphatic heterocycles. The Morgan fingerprint density at radius 3 is 2.43 bits per heavy atom. The van der Waals surface area contributed by atoms with Crippen LogP contribution in [0.2, 0.25) is 5.15 Å². The van der Waals surface area contributed by atoms with Gasteiger partial charge >= 0.3 is 0 Å². The van der Waals surface area contributed by atoms with E-state index >= 15 is 0 Å². The largest absolute Gasteiger partial charge is 0.436 e. The van der Waals surface area contributed by atoms with Crippen LogP contribution in [-0.4, -0.2) is 15.0 Å².